The molecule has 0 bridgehead atoms. The summed E-state index contributed by atoms with van der Waals surface area (Å²) in [6.07, 6.45) is 0.440. The summed E-state index contributed by atoms with van der Waals surface area (Å²) in [6, 6.07) is 4.54. The Labute approximate surface area is 155 Å². The van der Waals surface area contributed by atoms with E-state index >= 15 is 0 Å². The topological polar surface area (TPSA) is 79.4 Å². The van der Waals surface area contributed by atoms with Gasteiger partial charge in [-0.15, -0.1) is 0 Å². The zero-order valence-electron chi connectivity index (χ0n) is 15.8. The van der Waals surface area contributed by atoms with Gasteiger partial charge in [-0.1, -0.05) is 0 Å². The number of amides is 1. The Balaban J connectivity index is 2.05. The van der Waals surface area contributed by atoms with Crippen molar-refractivity contribution in [3.05, 3.63) is 18.2 Å². The molecule has 0 saturated carbocycles. The lowest BCUT2D eigenvalue weighted by Crippen LogP contribution is -2.50. The molecule has 1 fully saturated rings. The van der Waals surface area contributed by atoms with Gasteiger partial charge in [0.25, 0.3) is 0 Å². The zero-order valence-corrected chi connectivity index (χ0v) is 16.6. The van der Waals surface area contributed by atoms with E-state index in [2.05, 4.69) is 0 Å². The zero-order chi connectivity index (χ0) is 19.3. The molecule has 0 spiro atoms. The number of ether oxygens (including phenoxy) is 2. The highest BCUT2D eigenvalue weighted by Gasteiger charge is 2.30. The second-order valence-electron chi connectivity index (χ2n) is 6.35. The van der Waals surface area contributed by atoms with Crippen LogP contribution in [0.5, 0.6) is 11.5 Å². The van der Waals surface area contributed by atoms with Crippen molar-refractivity contribution in [3.63, 3.8) is 0 Å². The molecular weight excluding hydrogens is 358 g/mol. The van der Waals surface area contributed by atoms with Crippen LogP contribution in [0.4, 0.5) is 0 Å². The van der Waals surface area contributed by atoms with Crippen LogP contribution in [-0.4, -0.2) is 89.5 Å². The highest BCUT2D eigenvalue weighted by Crippen LogP contribution is 2.30. The van der Waals surface area contributed by atoms with Crippen molar-refractivity contribution in [2.45, 2.75) is 11.3 Å². The van der Waals surface area contributed by atoms with Crippen LogP contribution < -0.4 is 9.47 Å². The minimum atomic E-state index is -3.64. The summed E-state index contributed by atoms with van der Waals surface area (Å²) < 4.78 is 37.5. The number of rotatable bonds is 7. The second kappa shape index (κ2) is 8.70. The number of piperazine rings is 1. The van der Waals surface area contributed by atoms with Gasteiger partial charge in [-0.2, -0.15) is 4.31 Å². The van der Waals surface area contributed by atoms with Gasteiger partial charge in [-0.25, -0.2) is 8.42 Å². The highest BCUT2D eigenvalue weighted by molar-refractivity contribution is 7.89. The molecule has 0 aromatic heterocycles. The standard InChI is InChI=1S/C17H27N3O5S/c1-18(2)8-7-17(21)19-9-11-20(12-10-19)26(22,23)14-5-6-15(24-3)16(13-14)25-4/h5-6,13H,7-12H2,1-4H3. The number of carbonyl (C=O) groups is 1. The number of hydrogen-bond acceptors (Lipinski definition) is 6. The molecule has 0 N–H and O–H groups in total. The fraction of sp³-hybridized carbons (Fsp3) is 0.588. The van der Waals surface area contributed by atoms with Crippen molar-refractivity contribution in [3.8, 4) is 11.5 Å². The maximum Gasteiger partial charge on any atom is 0.243 e. The maximum atomic E-state index is 12.9. The Morgan fingerprint density at radius 2 is 1.69 bits per heavy atom. The first-order chi connectivity index (χ1) is 12.3. The van der Waals surface area contributed by atoms with E-state index in [4.69, 9.17) is 9.47 Å². The molecular formula is C17H27N3O5S. The van der Waals surface area contributed by atoms with E-state index in [0.717, 1.165) is 0 Å². The third-order valence-corrected chi connectivity index (χ3v) is 6.25. The van der Waals surface area contributed by atoms with Gasteiger partial charge in [0.05, 0.1) is 19.1 Å². The smallest absolute Gasteiger partial charge is 0.243 e. The van der Waals surface area contributed by atoms with Crippen molar-refractivity contribution in [2.75, 3.05) is 61.0 Å². The number of benzene rings is 1. The summed E-state index contributed by atoms with van der Waals surface area (Å²) in [5, 5.41) is 0. The van der Waals surface area contributed by atoms with Gasteiger partial charge in [0, 0.05) is 45.2 Å². The lowest BCUT2D eigenvalue weighted by molar-refractivity contribution is -0.132. The summed E-state index contributed by atoms with van der Waals surface area (Å²) in [7, 11) is 3.16. The molecule has 1 amide bonds. The summed E-state index contributed by atoms with van der Waals surface area (Å²) >= 11 is 0. The van der Waals surface area contributed by atoms with Crippen LogP contribution in [0.2, 0.25) is 0 Å². The fourth-order valence-corrected chi connectivity index (χ4v) is 4.22. The third-order valence-electron chi connectivity index (χ3n) is 4.36. The van der Waals surface area contributed by atoms with Gasteiger partial charge < -0.3 is 19.3 Å². The normalized spacial score (nSPS) is 16.0. The first kappa shape index (κ1) is 20.5. The van der Waals surface area contributed by atoms with Crippen molar-refractivity contribution in [2.24, 2.45) is 0 Å². The van der Waals surface area contributed by atoms with Gasteiger partial charge >= 0.3 is 0 Å². The Hall–Kier alpha value is -1.84. The van der Waals surface area contributed by atoms with Gasteiger partial charge in [0.2, 0.25) is 15.9 Å². The molecule has 0 unspecified atom stereocenters. The Bertz CT molecular complexity index is 728. The van der Waals surface area contributed by atoms with E-state index < -0.39 is 10.0 Å². The van der Waals surface area contributed by atoms with Crippen LogP contribution in [-0.2, 0) is 14.8 Å². The monoisotopic (exact) mass is 385 g/mol. The van der Waals surface area contributed by atoms with Crippen LogP contribution in [0, 0.1) is 0 Å². The van der Waals surface area contributed by atoms with Crippen LogP contribution in [0.15, 0.2) is 23.1 Å². The molecule has 1 aliphatic rings. The number of hydrogen-bond donors (Lipinski definition) is 0. The summed E-state index contributed by atoms with van der Waals surface area (Å²) in [4.78, 5) is 16.0. The summed E-state index contributed by atoms with van der Waals surface area (Å²) in [6.45, 7) is 2.05. The largest absolute Gasteiger partial charge is 0.493 e. The Morgan fingerprint density at radius 1 is 1.08 bits per heavy atom. The highest BCUT2D eigenvalue weighted by atomic mass is 32.2. The van der Waals surface area contributed by atoms with Crippen LogP contribution in [0.1, 0.15) is 6.42 Å². The predicted octanol–water partition coefficient (Wildman–Crippen LogP) is 0.488. The molecule has 8 nitrogen and oxygen atoms in total. The third kappa shape index (κ3) is 4.66. The van der Waals surface area contributed by atoms with Crippen LogP contribution in [0.3, 0.4) is 0 Å². The van der Waals surface area contributed by atoms with Gasteiger partial charge in [0.1, 0.15) is 0 Å². The Kier molecular flexibility index (Phi) is 6.85. The molecule has 1 aliphatic heterocycles. The first-order valence-corrected chi connectivity index (χ1v) is 9.88. The molecule has 9 heteroatoms. The van der Waals surface area contributed by atoms with Crippen molar-refractivity contribution < 1.29 is 22.7 Å². The molecule has 0 atom stereocenters. The van der Waals surface area contributed by atoms with Gasteiger partial charge in [-0.05, 0) is 26.2 Å². The molecule has 1 heterocycles. The van der Waals surface area contributed by atoms with E-state index in [1.54, 1.807) is 11.0 Å². The number of sulfonamides is 1. The minimum Gasteiger partial charge on any atom is -0.493 e. The average Bonchev–Trinajstić information content (AvgIpc) is 2.65. The molecule has 1 aromatic rings. The van der Waals surface area contributed by atoms with Crippen LogP contribution in [0.25, 0.3) is 0 Å². The minimum absolute atomic E-state index is 0.0573. The first-order valence-electron chi connectivity index (χ1n) is 8.44. The predicted molar refractivity (Wildman–Crippen MR) is 98.1 cm³/mol. The van der Waals surface area contributed by atoms with E-state index in [-0.39, 0.29) is 23.9 Å². The molecule has 0 radical (unpaired) electrons. The SMILES string of the molecule is COc1ccc(S(=O)(=O)N2CCN(C(=O)CCN(C)C)CC2)cc1OC. The molecule has 0 aliphatic carbocycles. The fourth-order valence-electron chi connectivity index (χ4n) is 2.78. The number of methoxy groups -OCH3 is 2. The van der Waals surface area contributed by atoms with Crippen molar-refractivity contribution in [1.29, 1.82) is 0 Å². The number of nitrogens with zero attached hydrogens (tertiary/aromatic N) is 3. The van der Waals surface area contributed by atoms with E-state index in [0.29, 0.717) is 37.6 Å². The lowest BCUT2D eigenvalue weighted by atomic mass is 10.3. The Morgan fingerprint density at radius 3 is 2.23 bits per heavy atom. The molecule has 2 rings (SSSR count). The quantitative estimate of drug-likeness (QED) is 0.680. The van der Waals surface area contributed by atoms with Crippen LogP contribution >= 0.6 is 0 Å². The molecule has 1 saturated heterocycles. The van der Waals surface area contributed by atoms with Gasteiger partial charge in [0.15, 0.2) is 11.5 Å². The number of carbonyl (C=O) groups excluding carboxylic acids is 1. The van der Waals surface area contributed by atoms with Crippen molar-refractivity contribution >= 4 is 15.9 Å². The summed E-state index contributed by atoms with van der Waals surface area (Å²) in [5.74, 6) is 0.899. The van der Waals surface area contributed by atoms with E-state index in [9.17, 15) is 13.2 Å². The molecule has 1 aromatic carbocycles. The second-order valence-corrected chi connectivity index (χ2v) is 8.29. The lowest BCUT2D eigenvalue weighted by Gasteiger charge is -2.34. The van der Waals surface area contributed by atoms with Gasteiger partial charge in [-0.3, -0.25) is 4.79 Å². The molecule has 26 heavy (non-hydrogen) atoms. The van der Waals surface area contributed by atoms with E-state index in [1.807, 2.05) is 19.0 Å². The van der Waals surface area contributed by atoms with E-state index in [1.165, 1.54) is 30.7 Å². The molecule has 146 valence electrons. The maximum absolute atomic E-state index is 12.9. The average molecular weight is 385 g/mol. The van der Waals surface area contributed by atoms with Crippen molar-refractivity contribution in [1.82, 2.24) is 14.1 Å². The summed E-state index contributed by atoms with van der Waals surface area (Å²) in [5.41, 5.74) is 0.